The summed E-state index contributed by atoms with van der Waals surface area (Å²) in [5.41, 5.74) is 0. The molecule has 1 fully saturated rings. The van der Waals surface area contributed by atoms with Gasteiger partial charge in [0.2, 0.25) is 0 Å². The summed E-state index contributed by atoms with van der Waals surface area (Å²) in [5, 5.41) is 3.09. The number of Topliss-reactive ketones (excluding diaryl/α,β-unsaturated/α-hetero) is 1. The van der Waals surface area contributed by atoms with E-state index in [4.69, 9.17) is 0 Å². The topological polar surface area (TPSA) is 29.1 Å². The highest BCUT2D eigenvalue weighted by Crippen LogP contribution is 2.01. The number of rotatable bonds is 0. The number of hydrogen-bond donors (Lipinski definition) is 1. The maximum atomic E-state index is 10.8. The summed E-state index contributed by atoms with van der Waals surface area (Å²) < 4.78 is 0. The first-order chi connectivity index (χ1) is 4.39. The van der Waals surface area contributed by atoms with Crippen molar-refractivity contribution in [1.82, 2.24) is 5.32 Å². The van der Waals surface area contributed by atoms with Crippen LogP contribution in [0.15, 0.2) is 0 Å². The lowest BCUT2D eigenvalue weighted by Crippen LogP contribution is -2.25. The zero-order valence-electron chi connectivity index (χ0n) is 5.65. The molecule has 1 heterocycles. The highest BCUT2D eigenvalue weighted by atomic mass is 16.1. The predicted molar refractivity (Wildman–Crippen MR) is 36.3 cm³/mol. The van der Waals surface area contributed by atoms with Crippen molar-refractivity contribution in [2.24, 2.45) is 0 Å². The van der Waals surface area contributed by atoms with E-state index in [9.17, 15) is 4.79 Å². The quantitative estimate of drug-likeness (QED) is 0.519. The minimum atomic E-state index is 0.370. The molecule has 0 aromatic rings. The van der Waals surface area contributed by atoms with Gasteiger partial charge in [0.05, 0.1) is 6.54 Å². The van der Waals surface area contributed by atoms with Gasteiger partial charge in [-0.3, -0.25) is 4.79 Å². The fraction of sp³-hybridized carbons (Fsp3) is 0.857. The first kappa shape index (κ1) is 6.75. The van der Waals surface area contributed by atoms with Crippen molar-refractivity contribution in [3.8, 4) is 0 Å². The number of nitrogens with one attached hydrogen (secondary N) is 1. The Balaban J connectivity index is 2.20. The average molecular weight is 127 g/mol. The normalized spacial score (nSPS) is 22.9. The number of carbonyl (C=O) groups is 1. The van der Waals surface area contributed by atoms with E-state index in [0.29, 0.717) is 12.3 Å². The summed E-state index contributed by atoms with van der Waals surface area (Å²) in [6.45, 7) is 1.62. The summed E-state index contributed by atoms with van der Waals surface area (Å²) in [4.78, 5) is 10.8. The lowest BCUT2D eigenvalue weighted by Gasteiger charge is -2.07. The van der Waals surface area contributed by atoms with Crippen molar-refractivity contribution in [2.45, 2.75) is 25.7 Å². The summed E-state index contributed by atoms with van der Waals surface area (Å²) >= 11 is 0. The lowest BCUT2D eigenvalue weighted by atomic mass is 10.1. The molecule has 0 saturated carbocycles. The number of hydrogen-bond acceptors (Lipinski definition) is 2. The van der Waals surface area contributed by atoms with Crippen LogP contribution in [0.4, 0.5) is 0 Å². The van der Waals surface area contributed by atoms with E-state index in [1.807, 2.05) is 0 Å². The van der Waals surface area contributed by atoms with E-state index in [2.05, 4.69) is 5.32 Å². The van der Waals surface area contributed by atoms with E-state index in [-0.39, 0.29) is 0 Å². The molecule has 0 bridgehead atoms. The largest absolute Gasteiger partial charge is 0.310 e. The van der Waals surface area contributed by atoms with Crippen molar-refractivity contribution in [3.63, 3.8) is 0 Å². The van der Waals surface area contributed by atoms with Gasteiger partial charge >= 0.3 is 0 Å². The number of ketones is 1. The van der Waals surface area contributed by atoms with Crippen molar-refractivity contribution in [2.75, 3.05) is 13.1 Å². The molecule has 1 rings (SSSR count). The maximum Gasteiger partial charge on any atom is 0.146 e. The van der Waals surface area contributed by atoms with Crippen molar-refractivity contribution < 1.29 is 4.79 Å². The molecule has 52 valence electrons. The second kappa shape index (κ2) is 3.62. The van der Waals surface area contributed by atoms with E-state index in [1.165, 1.54) is 12.8 Å². The maximum absolute atomic E-state index is 10.8. The minimum Gasteiger partial charge on any atom is -0.310 e. The Bertz CT molecular complexity index is 91.1. The molecule has 0 spiro atoms. The molecule has 1 aliphatic heterocycles. The van der Waals surface area contributed by atoms with Crippen LogP contribution in [0.5, 0.6) is 0 Å². The van der Waals surface area contributed by atoms with E-state index >= 15 is 0 Å². The van der Waals surface area contributed by atoms with E-state index < -0.39 is 0 Å². The molecule has 2 nitrogen and oxygen atoms in total. The molecular formula is C7H13NO. The van der Waals surface area contributed by atoms with Crippen LogP contribution in [0.25, 0.3) is 0 Å². The van der Waals surface area contributed by atoms with Gasteiger partial charge in [-0.05, 0) is 19.4 Å². The average Bonchev–Trinajstić information content (AvgIpc) is 1.79. The van der Waals surface area contributed by atoms with E-state index in [1.54, 1.807) is 0 Å². The third-order valence-electron chi connectivity index (χ3n) is 1.63. The molecule has 2 heteroatoms. The van der Waals surface area contributed by atoms with Gasteiger partial charge in [-0.15, -0.1) is 0 Å². The lowest BCUT2D eigenvalue weighted by molar-refractivity contribution is -0.118. The Hall–Kier alpha value is -0.370. The molecule has 0 unspecified atom stereocenters. The summed E-state index contributed by atoms with van der Waals surface area (Å²) in [6, 6.07) is 0. The van der Waals surface area contributed by atoms with Gasteiger partial charge in [0, 0.05) is 6.42 Å². The van der Waals surface area contributed by atoms with Gasteiger partial charge in [0.25, 0.3) is 0 Å². The van der Waals surface area contributed by atoms with Gasteiger partial charge in [-0.25, -0.2) is 0 Å². The van der Waals surface area contributed by atoms with Gasteiger partial charge in [-0.2, -0.15) is 0 Å². The molecule has 1 N–H and O–H groups in total. The Labute approximate surface area is 55.6 Å². The third-order valence-corrected chi connectivity index (χ3v) is 1.63. The van der Waals surface area contributed by atoms with Gasteiger partial charge in [-0.1, -0.05) is 6.42 Å². The zero-order chi connectivity index (χ0) is 6.53. The molecule has 0 aromatic carbocycles. The van der Waals surface area contributed by atoms with Crippen LogP contribution in [-0.4, -0.2) is 18.9 Å². The van der Waals surface area contributed by atoms with Crippen LogP contribution in [0, 0.1) is 0 Å². The minimum absolute atomic E-state index is 0.370. The summed E-state index contributed by atoms with van der Waals surface area (Å²) in [6.07, 6.45) is 4.32. The Morgan fingerprint density at radius 2 is 2.11 bits per heavy atom. The molecule has 0 aliphatic carbocycles. The molecular weight excluding hydrogens is 114 g/mol. The molecule has 0 amide bonds. The van der Waals surface area contributed by atoms with Gasteiger partial charge in [0.15, 0.2) is 0 Å². The van der Waals surface area contributed by atoms with Crippen molar-refractivity contribution in [3.05, 3.63) is 0 Å². The smallest absolute Gasteiger partial charge is 0.146 e. The summed E-state index contributed by atoms with van der Waals surface area (Å²) in [5.74, 6) is 0.370. The fourth-order valence-corrected chi connectivity index (χ4v) is 1.07. The molecule has 0 atom stereocenters. The fourth-order valence-electron chi connectivity index (χ4n) is 1.07. The Morgan fingerprint density at radius 3 is 3.00 bits per heavy atom. The first-order valence-corrected chi connectivity index (χ1v) is 3.62. The molecule has 0 aromatic heterocycles. The predicted octanol–water partition coefficient (Wildman–Crippen LogP) is 0.719. The summed E-state index contributed by atoms with van der Waals surface area (Å²) in [7, 11) is 0. The SMILES string of the molecule is O=C1CCCCCNC1. The second-order valence-electron chi connectivity index (χ2n) is 2.53. The molecule has 1 saturated heterocycles. The van der Waals surface area contributed by atoms with Gasteiger partial charge < -0.3 is 5.32 Å². The molecule has 9 heavy (non-hydrogen) atoms. The Morgan fingerprint density at radius 1 is 1.22 bits per heavy atom. The Kier molecular flexibility index (Phi) is 2.71. The second-order valence-corrected chi connectivity index (χ2v) is 2.53. The third kappa shape index (κ3) is 2.61. The monoisotopic (exact) mass is 127 g/mol. The molecule has 0 radical (unpaired) electrons. The van der Waals surface area contributed by atoms with E-state index in [0.717, 1.165) is 19.4 Å². The highest BCUT2D eigenvalue weighted by Gasteiger charge is 2.03. The highest BCUT2D eigenvalue weighted by molar-refractivity contribution is 5.80. The zero-order valence-corrected chi connectivity index (χ0v) is 5.65. The van der Waals surface area contributed by atoms with Crippen LogP contribution in [-0.2, 0) is 4.79 Å². The molecule has 1 aliphatic rings. The van der Waals surface area contributed by atoms with Crippen LogP contribution < -0.4 is 5.32 Å². The van der Waals surface area contributed by atoms with Crippen LogP contribution in [0.1, 0.15) is 25.7 Å². The van der Waals surface area contributed by atoms with Crippen LogP contribution >= 0.6 is 0 Å². The number of carbonyl (C=O) groups excluding carboxylic acids is 1. The van der Waals surface area contributed by atoms with Gasteiger partial charge in [0.1, 0.15) is 5.78 Å². The van der Waals surface area contributed by atoms with Crippen LogP contribution in [0.3, 0.4) is 0 Å². The first-order valence-electron chi connectivity index (χ1n) is 3.62. The van der Waals surface area contributed by atoms with Crippen molar-refractivity contribution >= 4 is 5.78 Å². The van der Waals surface area contributed by atoms with Crippen molar-refractivity contribution in [1.29, 1.82) is 0 Å². The standard InChI is InChI=1S/C7H13NO/c9-7-4-2-1-3-5-8-6-7/h8H,1-6H2. The van der Waals surface area contributed by atoms with Crippen LogP contribution in [0.2, 0.25) is 0 Å².